The summed E-state index contributed by atoms with van der Waals surface area (Å²) in [4.78, 5) is 11.6. The van der Waals surface area contributed by atoms with Gasteiger partial charge in [0.2, 0.25) is 0 Å². The van der Waals surface area contributed by atoms with Gasteiger partial charge in [0.15, 0.2) is 5.69 Å². The van der Waals surface area contributed by atoms with Gasteiger partial charge in [-0.1, -0.05) is 6.42 Å². The molecule has 6 heteroatoms. The van der Waals surface area contributed by atoms with Crippen LogP contribution in [0.3, 0.4) is 0 Å². The van der Waals surface area contributed by atoms with Gasteiger partial charge in [-0.2, -0.15) is 22.1 Å². The molecule has 0 bridgehead atoms. The van der Waals surface area contributed by atoms with Crippen LogP contribution in [0.1, 0.15) is 47.6 Å². The van der Waals surface area contributed by atoms with E-state index in [0.29, 0.717) is 12.3 Å². The number of aromatic nitrogens is 3. The third kappa shape index (κ3) is 2.37. The number of carbonyl (C=O) groups excluding carboxylic acids is 1. The summed E-state index contributed by atoms with van der Waals surface area (Å²) in [6.45, 7) is 2.15. The third-order valence-electron chi connectivity index (χ3n) is 2.53. The fourth-order valence-electron chi connectivity index (χ4n) is 1.77. The van der Waals surface area contributed by atoms with E-state index >= 15 is 0 Å². The molecule has 0 radical (unpaired) electrons. The number of esters is 1. The number of nitrogens with one attached hydrogen (secondary N) is 1. The van der Waals surface area contributed by atoms with Gasteiger partial charge >= 0.3 is 5.97 Å². The lowest BCUT2D eigenvalue weighted by atomic mass is 10.1. The monoisotopic (exact) mass is 241 g/mol. The van der Waals surface area contributed by atoms with Crippen molar-refractivity contribution in [2.75, 3.05) is 12.4 Å². The summed E-state index contributed by atoms with van der Waals surface area (Å²) >= 11 is 1.84. The largest absolute Gasteiger partial charge is 0.461 e. The van der Waals surface area contributed by atoms with Crippen LogP contribution < -0.4 is 0 Å². The molecule has 1 aromatic heterocycles. The van der Waals surface area contributed by atoms with Crippen LogP contribution in [0.4, 0.5) is 0 Å². The molecule has 0 amide bonds. The molecule has 1 aliphatic rings. The molecule has 0 spiro atoms. The van der Waals surface area contributed by atoms with E-state index in [-0.39, 0.29) is 11.2 Å². The minimum Gasteiger partial charge on any atom is -0.461 e. The Morgan fingerprint density at radius 3 is 3.12 bits per heavy atom. The summed E-state index contributed by atoms with van der Waals surface area (Å²) in [6.07, 6.45) is 3.49. The smallest absolute Gasteiger partial charge is 0.360 e. The maximum absolute atomic E-state index is 11.6. The molecule has 2 rings (SSSR count). The Balaban J connectivity index is 2.14. The van der Waals surface area contributed by atoms with Gasteiger partial charge < -0.3 is 4.74 Å². The van der Waals surface area contributed by atoms with Crippen molar-refractivity contribution < 1.29 is 9.53 Å². The van der Waals surface area contributed by atoms with Crippen molar-refractivity contribution >= 4 is 17.7 Å². The summed E-state index contributed by atoms with van der Waals surface area (Å²) < 4.78 is 4.95. The normalized spacial score (nSPS) is 20.7. The lowest BCUT2D eigenvalue weighted by Crippen LogP contribution is -2.11. The van der Waals surface area contributed by atoms with E-state index in [0.717, 1.165) is 17.9 Å². The molecule has 16 heavy (non-hydrogen) atoms. The second-order valence-corrected chi connectivity index (χ2v) is 4.94. The van der Waals surface area contributed by atoms with Crippen LogP contribution >= 0.6 is 11.8 Å². The molecule has 1 aromatic rings. The Labute approximate surface area is 98.3 Å². The second kappa shape index (κ2) is 5.34. The Bertz CT molecular complexity index is 361. The van der Waals surface area contributed by atoms with E-state index in [2.05, 4.69) is 15.4 Å². The zero-order valence-corrected chi connectivity index (χ0v) is 10.0. The highest BCUT2D eigenvalue weighted by Gasteiger charge is 2.26. The van der Waals surface area contributed by atoms with Gasteiger partial charge in [0.25, 0.3) is 0 Å². The van der Waals surface area contributed by atoms with Gasteiger partial charge in [-0.3, -0.25) is 0 Å². The Morgan fingerprint density at radius 1 is 1.56 bits per heavy atom. The van der Waals surface area contributed by atoms with E-state index in [1.165, 1.54) is 12.8 Å². The highest BCUT2D eigenvalue weighted by Crippen LogP contribution is 2.38. The van der Waals surface area contributed by atoms with E-state index < -0.39 is 0 Å². The van der Waals surface area contributed by atoms with Crippen molar-refractivity contribution in [3.63, 3.8) is 0 Å². The van der Waals surface area contributed by atoms with E-state index in [9.17, 15) is 4.79 Å². The minimum absolute atomic E-state index is 0.284. The fraction of sp³-hybridized carbons (Fsp3) is 0.700. The lowest BCUT2D eigenvalue weighted by Gasteiger charge is -2.19. The number of rotatable bonds is 3. The van der Waals surface area contributed by atoms with Crippen LogP contribution in [-0.2, 0) is 4.74 Å². The van der Waals surface area contributed by atoms with E-state index in [1.807, 2.05) is 11.8 Å². The summed E-state index contributed by atoms with van der Waals surface area (Å²) in [6, 6.07) is 0. The maximum atomic E-state index is 11.6. The molecule has 1 unspecified atom stereocenters. The highest BCUT2D eigenvalue weighted by molar-refractivity contribution is 7.99. The topological polar surface area (TPSA) is 67.9 Å². The zero-order valence-electron chi connectivity index (χ0n) is 9.23. The Morgan fingerprint density at radius 2 is 2.44 bits per heavy atom. The lowest BCUT2D eigenvalue weighted by molar-refractivity contribution is 0.0518. The first kappa shape index (κ1) is 11.4. The van der Waals surface area contributed by atoms with Gasteiger partial charge in [-0.05, 0) is 25.5 Å². The molecular weight excluding hydrogens is 226 g/mol. The zero-order chi connectivity index (χ0) is 11.4. The SMILES string of the molecule is CCOC(=O)c1n[nH]nc1C1CCCCS1. The third-order valence-corrected chi connectivity index (χ3v) is 3.91. The summed E-state index contributed by atoms with van der Waals surface area (Å²) in [5, 5.41) is 10.8. The quantitative estimate of drug-likeness (QED) is 0.819. The molecule has 2 heterocycles. The first-order chi connectivity index (χ1) is 7.83. The first-order valence-electron chi connectivity index (χ1n) is 5.52. The molecule has 0 saturated carbocycles. The van der Waals surface area contributed by atoms with Crippen LogP contribution in [0.5, 0.6) is 0 Å². The second-order valence-electron chi connectivity index (χ2n) is 3.63. The Hall–Kier alpha value is -1.04. The summed E-state index contributed by atoms with van der Waals surface area (Å²) in [5.41, 5.74) is 1.10. The fourth-order valence-corrected chi connectivity index (χ4v) is 3.08. The van der Waals surface area contributed by atoms with Crippen molar-refractivity contribution in [3.8, 4) is 0 Å². The van der Waals surface area contributed by atoms with E-state index in [4.69, 9.17) is 4.74 Å². The van der Waals surface area contributed by atoms with Gasteiger partial charge in [0.05, 0.1) is 11.9 Å². The standard InChI is InChI=1S/C10H15N3O2S/c1-2-15-10(14)9-8(11-13-12-9)7-5-3-4-6-16-7/h7H,2-6H2,1H3,(H,11,12,13). The number of aromatic amines is 1. The van der Waals surface area contributed by atoms with Crippen LogP contribution in [0.2, 0.25) is 0 Å². The number of carbonyl (C=O) groups is 1. The molecule has 1 N–H and O–H groups in total. The minimum atomic E-state index is -0.377. The van der Waals surface area contributed by atoms with Crippen LogP contribution in [0, 0.1) is 0 Å². The number of nitrogens with zero attached hydrogens (tertiary/aromatic N) is 2. The average Bonchev–Trinajstić information content (AvgIpc) is 2.79. The predicted octanol–water partition coefficient (Wildman–Crippen LogP) is 1.94. The van der Waals surface area contributed by atoms with Gasteiger partial charge in [-0.15, -0.1) is 5.10 Å². The van der Waals surface area contributed by atoms with Gasteiger partial charge in [0.1, 0.15) is 5.69 Å². The molecule has 1 fully saturated rings. The van der Waals surface area contributed by atoms with Crippen molar-refractivity contribution in [1.29, 1.82) is 0 Å². The molecule has 1 saturated heterocycles. The number of ether oxygens (including phenoxy) is 1. The van der Waals surface area contributed by atoms with Crippen LogP contribution in [-0.4, -0.2) is 33.7 Å². The van der Waals surface area contributed by atoms with Crippen LogP contribution in [0.15, 0.2) is 0 Å². The molecule has 0 aromatic carbocycles. The average molecular weight is 241 g/mol. The van der Waals surface area contributed by atoms with Gasteiger partial charge in [-0.25, -0.2) is 4.79 Å². The molecule has 1 atom stereocenters. The number of hydrogen-bond donors (Lipinski definition) is 1. The molecule has 88 valence electrons. The van der Waals surface area contributed by atoms with Crippen molar-refractivity contribution in [2.24, 2.45) is 0 Å². The van der Waals surface area contributed by atoms with Crippen molar-refractivity contribution in [2.45, 2.75) is 31.4 Å². The van der Waals surface area contributed by atoms with Crippen molar-refractivity contribution in [3.05, 3.63) is 11.4 Å². The number of H-pyrrole nitrogens is 1. The maximum Gasteiger partial charge on any atom is 0.360 e. The highest BCUT2D eigenvalue weighted by atomic mass is 32.2. The van der Waals surface area contributed by atoms with Crippen LogP contribution in [0.25, 0.3) is 0 Å². The summed E-state index contributed by atoms with van der Waals surface area (Å²) in [7, 11) is 0. The predicted molar refractivity (Wildman–Crippen MR) is 61.4 cm³/mol. The van der Waals surface area contributed by atoms with Crippen molar-refractivity contribution in [1.82, 2.24) is 15.4 Å². The molecule has 1 aliphatic heterocycles. The first-order valence-corrected chi connectivity index (χ1v) is 6.57. The number of hydrogen-bond acceptors (Lipinski definition) is 5. The van der Waals surface area contributed by atoms with E-state index in [1.54, 1.807) is 6.92 Å². The number of thioether (sulfide) groups is 1. The molecule has 5 nitrogen and oxygen atoms in total. The summed E-state index contributed by atoms with van der Waals surface area (Å²) in [5.74, 6) is 0.747. The van der Waals surface area contributed by atoms with Gasteiger partial charge in [0, 0.05) is 0 Å². The molecule has 0 aliphatic carbocycles. The molecular formula is C10H15N3O2S. The Kier molecular flexibility index (Phi) is 3.82.